The standard InChI is InChI=1S/C29H34Cl2N6O.CH5N/c1-33-15-12-25-22(19-33)28(20-8-9-23(30)24(31)18-20)32-36(25)14-5-13-35-16-10-21(11-17-35)37-27-7-4-3-6-26(27)34(2)29(37)38;1-2/h3-4,6-9,18,21H,5,10-17,19H2,1-2H3;2H2,1H3. The van der Waals surface area contributed by atoms with Gasteiger partial charge in [-0.2, -0.15) is 5.10 Å². The Morgan fingerprint density at radius 3 is 2.40 bits per heavy atom. The van der Waals surface area contributed by atoms with Gasteiger partial charge in [0.25, 0.3) is 0 Å². The molecule has 2 aliphatic heterocycles. The summed E-state index contributed by atoms with van der Waals surface area (Å²) in [5.74, 6) is 0. The van der Waals surface area contributed by atoms with Gasteiger partial charge in [-0.1, -0.05) is 41.4 Å². The van der Waals surface area contributed by atoms with Crippen molar-refractivity contribution in [2.24, 2.45) is 12.8 Å². The highest BCUT2D eigenvalue weighted by molar-refractivity contribution is 6.42. The molecule has 1 saturated heterocycles. The first-order chi connectivity index (χ1) is 19.4. The first-order valence-corrected chi connectivity index (χ1v) is 14.8. The lowest BCUT2D eigenvalue weighted by Gasteiger charge is -2.32. The van der Waals surface area contributed by atoms with E-state index >= 15 is 0 Å². The number of likely N-dealkylation sites (N-methyl/N-ethyl adjacent to an activating group) is 1. The fraction of sp³-hybridized carbons (Fsp3) is 0.467. The molecule has 0 radical (unpaired) electrons. The largest absolute Gasteiger partial charge is 0.333 e. The average molecular weight is 585 g/mol. The summed E-state index contributed by atoms with van der Waals surface area (Å²) in [5, 5.41) is 6.20. The lowest BCUT2D eigenvalue weighted by atomic mass is 10.0. The van der Waals surface area contributed by atoms with E-state index in [1.54, 1.807) is 4.57 Å². The topological polar surface area (TPSA) is 77.2 Å². The molecule has 214 valence electrons. The molecule has 0 bridgehead atoms. The molecule has 0 unspecified atom stereocenters. The Balaban J connectivity index is 0.00000158. The van der Waals surface area contributed by atoms with Crippen LogP contribution in [0.15, 0.2) is 47.3 Å². The van der Waals surface area contributed by atoms with Crippen molar-refractivity contribution in [3.05, 3.63) is 74.3 Å². The van der Waals surface area contributed by atoms with Crippen molar-refractivity contribution in [2.75, 3.05) is 40.3 Å². The summed E-state index contributed by atoms with van der Waals surface area (Å²) in [4.78, 5) is 17.8. The summed E-state index contributed by atoms with van der Waals surface area (Å²) in [7, 11) is 5.53. The summed E-state index contributed by atoms with van der Waals surface area (Å²) < 4.78 is 6.02. The monoisotopic (exact) mass is 583 g/mol. The first-order valence-electron chi connectivity index (χ1n) is 14.1. The Kier molecular flexibility index (Phi) is 9.02. The van der Waals surface area contributed by atoms with Crippen LogP contribution in [0.3, 0.4) is 0 Å². The van der Waals surface area contributed by atoms with Crippen molar-refractivity contribution in [1.29, 1.82) is 0 Å². The number of benzene rings is 2. The van der Waals surface area contributed by atoms with E-state index in [0.29, 0.717) is 10.0 Å². The second-order valence-electron chi connectivity index (χ2n) is 10.7. The predicted octanol–water partition coefficient (Wildman–Crippen LogP) is 4.80. The number of halogens is 2. The number of aryl methyl sites for hydroxylation is 2. The Morgan fingerprint density at radius 2 is 1.68 bits per heavy atom. The Morgan fingerprint density at radius 1 is 0.950 bits per heavy atom. The number of hydrogen-bond acceptors (Lipinski definition) is 5. The number of nitrogens with two attached hydrogens (primary N) is 1. The fourth-order valence-corrected chi connectivity index (χ4v) is 6.50. The summed E-state index contributed by atoms with van der Waals surface area (Å²) in [6, 6.07) is 14.2. The van der Waals surface area contributed by atoms with Gasteiger partial charge in [-0.3, -0.25) is 13.8 Å². The molecule has 40 heavy (non-hydrogen) atoms. The van der Waals surface area contributed by atoms with E-state index in [2.05, 4.69) is 33.3 Å². The third-order valence-corrected chi connectivity index (χ3v) is 9.02. The van der Waals surface area contributed by atoms with Gasteiger partial charge in [-0.25, -0.2) is 4.79 Å². The van der Waals surface area contributed by atoms with Gasteiger partial charge in [-0.15, -0.1) is 0 Å². The van der Waals surface area contributed by atoms with Crippen LogP contribution in [0.5, 0.6) is 0 Å². The molecular weight excluding hydrogens is 545 g/mol. The zero-order valence-corrected chi connectivity index (χ0v) is 25.1. The van der Waals surface area contributed by atoms with Gasteiger partial charge in [0.15, 0.2) is 0 Å². The van der Waals surface area contributed by atoms with Crippen molar-refractivity contribution in [3.8, 4) is 11.3 Å². The maximum atomic E-state index is 13.0. The van der Waals surface area contributed by atoms with Crippen LogP contribution in [0.25, 0.3) is 22.3 Å². The van der Waals surface area contributed by atoms with E-state index in [0.717, 1.165) is 87.2 Å². The summed E-state index contributed by atoms with van der Waals surface area (Å²) >= 11 is 12.5. The maximum absolute atomic E-state index is 13.0. The minimum absolute atomic E-state index is 0.0940. The van der Waals surface area contributed by atoms with E-state index in [-0.39, 0.29) is 11.7 Å². The number of nitrogens with zero attached hydrogens (tertiary/aromatic N) is 6. The number of aromatic nitrogens is 4. The first kappa shape index (κ1) is 28.9. The van der Waals surface area contributed by atoms with Crippen LogP contribution in [0.4, 0.5) is 0 Å². The summed E-state index contributed by atoms with van der Waals surface area (Å²) in [5.41, 5.74) is 11.3. The minimum atomic E-state index is 0.0940. The van der Waals surface area contributed by atoms with Crippen LogP contribution in [-0.4, -0.2) is 69.0 Å². The molecule has 0 aliphatic carbocycles. The Labute approximate surface area is 245 Å². The van der Waals surface area contributed by atoms with Crippen LogP contribution in [0.1, 0.15) is 36.6 Å². The van der Waals surface area contributed by atoms with Crippen molar-refractivity contribution < 1.29 is 0 Å². The van der Waals surface area contributed by atoms with Crippen molar-refractivity contribution in [3.63, 3.8) is 0 Å². The number of imidazole rings is 1. The molecular formula is C30H39Cl2N7O. The molecule has 8 nitrogen and oxygen atoms in total. The SMILES string of the molecule is CN.CN1CCc2c(c(-c3ccc(Cl)c(Cl)c3)nn2CCCN2CCC(n3c(=O)n(C)c4ccccc43)CC2)C1. The molecule has 1 fully saturated rings. The zero-order chi connectivity index (χ0) is 28.4. The van der Waals surface area contributed by atoms with E-state index < -0.39 is 0 Å². The quantitative estimate of drug-likeness (QED) is 0.353. The number of likely N-dealkylation sites (tertiary alicyclic amines) is 1. The Bertz CT molecular complexity index is 1530. The lowest BCUT2D eigenvalue weighted by molar-refractivity contribution is 0.181. The van der Waals surface area contributed by atoms with Gasteiger partial charge in [-0.05, 0) is 64.2 Å². The molecule has 6 rings (SSSR count). The fourth-order valence-electron chi connectivity index (χ4n) is 6.20. The highest BCUT2D eigenvalue weighted by Crippen LogP contribution is 2.33. The second kappa shape index (κ2) is 12.5. The maximum Gasteiger partial charge on any atom is 0.329 e. The van der Waals surface area contributed by atoms with E-state index in [1.165, 1.54) is 18.3 Å². The number of fused-ring (bicyclic) bond motifs is 2. The van der Waals surface area contributed by atoms with Gasteiger partial charge in [0.05, 0.1) is 26.8 Å². The van der Waals surface area contributed by atoms with E-state index in [1.807, 2.05) is 48.0 Å². The van der Waals surface area contributed by atoms with Crippen LogP contribution >= 0.6 is 23.2 Å². The number of piperidine rings is 1. The van der Waals surface area contributed by atoms with Crippen LogP contribution in [0.2, 0.25) is 10.0 Å². The van der Waals surface area contributed by atoms with Gasteiger partial charge < -0.3 is 15.5 Å². The van der Waals surface area contributed by atoms with E-state index in [9.17, 15) is 4.79 Å². The number of hydrogen-bond donors (Lipinski definition) is 1. The smallest absolute Gasteiger partial charge is 0.329 e. The Hall–Kier alpha value is -2.62. The van der Waals surface area contributed by atoms with Crippen LogP contribution in [0, 0.1) is 0 Å². The third-order valence-electron chi connectivity index (χ3n) is 8.28. The molecule has 10 heteroatoms. The van der Waals surface area contributed by atoms with E-state index in [4.69, 9.17) is 28.3 Å². The molecule has 0 atom stereocenters. The normalized spacial score (nSPS) is 16.6. The van der Waals surface area contributed by atoms with Gasteiger partial charge >= 0.3 is 5.69 Å². The van der Waals surface area contributed by atoms with Crippen molar-refractivity contribution >= 4 is 34.2 Å². The van der Waals surface area contributed by atoms with Gasteiger partial charge in [0.1, 0.15) is 0 Å². The summed E-state index contributed by atoms with van der Waals surface area (Å²) in [6.07, 6.45) is 4.05. The number of para-hydroxylation sites is 2. The summed E-state index contributed by atoms with van der Waals surface area (Å²) in [6.45, 7) is 5.89. The average Bonchev–Trinajstić information content (AvgIpc) is 3.45. The highest BCUT2D eigenvalue weighted by Gasteiger charge is 2.26. The molecule has 0 saturated carbocycles. The van der Waals surface area contributed by atoms with Gasteiger partial charge in [0.2, 0.25) is 0 Å². The molecule has 0 amide bonds. The van der Waals surface area contributed by atoms with Crippen LogP contribution in [-0.2, 0) is 26.6 Å². The molecule has 2 aromatic carbocycles. The van der Waals surface area contributed by atoms with Crippen LogP contribution < -0.4 is 11.4 Å². The number of rotatable bonds is 6. The minimum Gasteiger partial charge on any atom is -0.333 e. The molecule has 0 spiro atoms. The molecule has 2 aliphatic rings. The molecule has 4 heterocycles. The second-order valence-corrected chi connectivity index (χ2v) is 11.6. The third kappa shape index (κ3) is 5.60. The zero-order valence-electron chi connectivity index (χ0n) is 23.6. The molecule has 2 aromatic heterocycles. The van der Waals surface area contributed by atoms with Crippen molar-refractivity contribution in [1.82, 2.24) is 28.7 Å². The highest BCUT2D eigenvalue weighted by atomic mass is 35.5. The predicted molar refractivity (Wildman–Crippen MR) is 164 cm³/mol. The molecule has 2 N–H and O–H groups in total. The van der Waals surface area contributed by atoms with Gasteiger partial charge in [0, 0.05) is 69.1 Å². The van der Waals surface area contributed by atoms with Crippen molar-refractivity contribution in [2.45, 2.75) is 44.8 Å². The lowest BCUT2D eigenvalue weighted by Crippen LogP contribution is -2.38. The molecule has 4 aromatic rings.